The summed E-state index contributed by atoms with van der Waals surface area (Å²) in [6.45, 7) is 1.82. The summed E-state index contributed by atoms with van der Waals surface area (Å²) in [6.07, 6.45) is 3.13. The number of hydrogen-bond donors (Lipinski definition) is 1. The maximum absolute atomic E-state index is 12.3. The first-order valence-corrected chi connectivity index (χ1v) is 12.9. The van der Waals surface area contributed by atoms with E-state index in [2.05, 4.69) is 47.4 Å². The number of halogens is 2. The minimum atomic E-state index is -0.441. The van der Waals surface area contributed by atoms with Gasteiger partial charge in [-0.1, -0.05) is 22.0 Å². The van der Waals surface area contributed by atoms with Gasteiger partial charge in [0.05, 0.1) is 31.0 Å². The van der Waals surface area contributed by atoms with Crippen LogP contribution in [0, 0.1) is 0 Å². The van der Waals surface area contributed by atoms with Crippen LogP contribution in [0.3, 0.4) is 0 Å². The molecule has 2 aromatic carbocycles. The van der Waals surface area contributed by atoms with Gasteiger partial charge in [-0.15, -0.1) is 0 Å². The Morgan fingerprint density at radius 1 is 1.11 bits per heavy atom. The van der Waals surface area contributed by atoms with E-state index in [4.69, 9.17) is 18.9 Å². The molecule has 12 heteroatoms. The van der Waals surface area contributed by atoms with Crippen LogP contribution >= 0.6 is 31.9 Å². The Bertz CT molecular complexity index is 1310. The van der Waals surface area contributed by atoms with Crippen LogP contribution in [-0.2, 0) is 14.3 Å². The van der Waals surface area contributed by atoms with Crippen molar-refractivity contribution in [2.75, 3.05) is 46.6 Å². The zero-order valence-electron chi connectivity index (χ0n) is 19.9. The van der Waals surface area contributed by atoms with E-state index in [0.29, 0.717) is 59.1 Å². The van der Waals surface area contributed by atoms with Crippen molar-refractivity contribution in [3.8, 4) is 17.2 Å². The number of hydrazone groups is 1. The fourth-order valence-electron chi connectivity index (χ4n) is 3.56. The minimum absolute atomic E-state index is 0.0981. The van der Waals surface area contributed by atoms with Crippen LogP contribution in [0.25, 0.3) is 10.9 Å². The average molecular weight is 636 g/mol. The lowest BCUT2D eigenvalue weighted by molar-refractivity contribution is -0.137. The predicted octanol–water partition coefficient (Wildman–Crippen LogP) is 3.54. The summed E-state index contributed by atoms with van der Waals surface area (Å²) in [7, 11) is 1.50. The molecule has 0 saturated carbocycles. The van der Waals surface area contributed by atoms with Crippen LogP contribution in [0.15, 0.2) is 56.6 Å². The lowest BCUT2D eigenvalue weighted by atomic mass is 10.2. The normalized spacial score (nSPS) is 13.5. The summed E-state index contributed by atoms with van der Waals surface area (Å²) in [5.41, 5.74) is 3.73. The van der Waals surface area contributed by atoms with Crippen LogP contribution in [-0.4, -0.2) is 74.5 Å². The van der Waals surface area contributed by atoms with Gasteiger partial charge < -0.3 is 23.8 Å². The molecule has 2 amide bonds. The number of aromatic nitrogens is 1. The number of fused-ring (bicyclic) bond motifs is 1. The summed E-state index contributed by atoms with van der Waals surface area (Å²) < 4.78 is 23.6. The zero-order valence-corrected chi connectivity index (χ0v) is 23.1. The van der Waals surface area contributed by atoms with E-state index in [1.54, 1.807) is 29.3 Å². The number of carbonyl (C=O) groups excluding carboxylic acids is 2. The third kappa shape index (κ3) is 6.96. The first kappa shape index (κ1) is 26.8. The highest BCUT2D eigenvalue weighted by Crippen LogP contribution is 2.37. The Balaban J connectivity index is 1.31. The van der Waals surface area contributed by atoms with Crippen LogP contribution in [0.4, 0.5) is 0 Å². The predicted molar refractivity (Wildman–Crippen MR) is 144 cm³/mol. The van der Waals surface area contributed by atoms with E-state index in [1.165, 1.54) is 13.3 Å². The smallest absolute Gasteiger partial charge is 0.277 e. The van der Waals surface area contributed by atoms with Gasteiger partial charge in [-0.3, -0.25) is 14.6 Å². The molecule has 10 nitrogen and oxygen atoms in total. The third-order valence-corrected chi connectivity index (χ3v) is 6.65. The van der Waals surface area contributed by atoms with Crippen LogP contribution < -0.4 is 19.6 Å². The van der Waals surface area contributed by atoms with Crippen molar-refractivity contribution in [1.82, 2.24) is 15.3 Å². The standard InChI is InChI=1S/C25H24Br2N4O6/c1-34-21-11-16(4-5-20(21)36-15-23(33)31-7-9-35-10-8-31)13-29-30-22(32)14-37-25-19(27)12-18(26)17-3-2-6-28-24(17)25/h2-6,11-13H,7-10,14-15H2,1H3,(H,30,32)/b29-13+. The fraction of sp³-hybridized carbons (Fsp3) is 0.280. The molecular weight excluding hydrogens is 612 g/mol. The van der Waals surface area contributed by atoms with Gasteiger partial charge in [0.25, 0.3) is 11.8 Å². The number of pyridine rings is 1. The first-order chi connectivity index (χ1) is 18.0. The number of amides is 2. The van der Waals surface area contributed by atoms with Gasteiger partial charge >= 0.3 is 0 Å². The Hall–Kier alpha value is -3.22. The fourth-order valence-corrected chi connectivity index (χ4v) is 4.95. The molecule has 0 bridgehead atoms. The summed E-state index contributed by atoms with van der Waals surface area (Å²) >= 11 is 6.96. The Kier molecular flexibility index (Phi) is 9.31. The quantitative estimate of drug-likeness (QED) is 0.283. The minimum Gasteiger partial charge on any atom is -0.493 e. The number of carbonyl (C=O) groups is 2. The molecule has 1 aromatic heterocycles. The second-order valence-electron chi connectivity index (χ2n) is 7.84. The Labute approximate surface area is 230 Å². The maximum atomic E-state index is 12.3. The number of hydrogen-bond acceptors (Lipinski definition) is 8. The topological polar surface area (TPSA) is 112 Å². The van der Waals surface area contributed by atoms with E-state index < -0.39 is 5.91 Å². The van der Waals surface area contributed by atoms with E-state index in [0.717, 1.165) is 9.86 Å². The Morgan fingerprint density at radius 3 is 2.70 bits per heavy atom. The monoisotopic (exact) mass is 634 g/mol. The van der Waals surface area contributed by atoms with Crippen molar-refractivity contribution in [2.24, 2.45) is 5.10 Å². The molecule has 2 heterocycles. The molecule has 1 saturated heterocycles. The molecule has 1 aliphatic rings. The molecule has 4 rings (SSSR count). The molecule has 1 N–H and O–H groups in total. The van der Waals surface area contributed by atoms with Crippen molar-refractivity contribution in [3.63, 3.8) is 0 Å². The summed E-state index contributed by atoms with van der Waals surface area (Å²) in [5.74, 6) is 0.779. The molecule has 1 aliphatic heterocycles. The van der Waals surface area contributed by atoms with E-state index >= 15 is 0 Å². The maximum Gasteiger partial charge on any atom is 0.277 e. The lowest BCUT2D eigenvalue weighted by Crippen LogP contribution is -2.43. The summed E-state index contributed by atoms with van der Waals surface area (Å²) in [4.78, 5) is 30.7. The van der Waals surface area contributed by atoms with Crippen molar-refractivity contribution in [2.45, 2.75) is 0 Å². The van der Waals surface area contributed by atoms with Gasteiger partial charge in [-0.25, -0.2) is 5.43 Å². The van der Waals surface area contributed by atoms with Gasteiger partial charge in [-0.05, 0) is 51.8 Å². The van der Waals surface area contributed by atoms with E-state index in [1.807, 2.05) is 18.2 Å². The number of ether oxygens (including phenoxy) is 4. The molecule has 194 valence electrons. The molecule has 0 spiro atoms. The van der Waals surface area contributed by atoms with Gasteiger partial charge in [0.1, 0.15) is 5.52 Å². The largest absolute Gasteiger partial charge is 0.493 e. The molecule has 0 atom stereocenters. The number of nitrogens with zero attached hydrogens (tertiary/aromatic N) is 3. The number of methoxy groups -OCH3 is 1. The summed E-state index contributed by atoms with van der Waals surface area (Å²) in [5, 5.41) is 4.85. The summed E-state index contributed by atoms with van der Waals surface area (Å²) in [6, 6.07) is 10.7. The van der Waals surface area contributed by atoms with E-state index in [-0.39, 0.29) is 19.1 Å². The molecule has 37 heavy (non-hydrogen) atoms. The van der Waals surface area contributed by atoms with Crippen molar-refractivity contribution < 1.29 is 28.5 Å². The van der Waals surface area contributed by atoms with Crippen molar-refractivity contribution >= 4 is 60.8 Å². The molecule has 1 fully saturated rings. The highest BCUT2D eigenvalue weighted by molar-refractivity contribution is 9.11. The van der Waals surface area contributed by atoms with E-state index in [9.17, 15) is 9.59 Å². The van der Waals surface area contributed by atoms with Crippen molar-refractivity contribution in [3.05, 3.63) is 57.1 Å². The number of rotatable bonds is 9. The van der Waals surface area contributed by atoms with Gasteiger partial charge in [0.2, 0.25) is 0 Å². The molecular formula is C25H24Br2N4O6. The molecule has 3 aromatic rings. The van der Waals surface area contributed by atoms with Crippen LogP contribution in [0.2, 0.25) is 0 Å². The zero-order chi connectivity index (χ0) is 26.2. The van der Waals surface area contributed by atoms with Crippen LogP contribution in [0.1, 0.15) is 5.56 Å². The van der Waals surface area contributed by atoms with Crippen molar-refractivity contribution in [1.29, 1.82) is 0 Å². The number of benzene rings is 2. The number of nitrogens with one attached hydrogen (secondary N) is 1. The molecule has 0 aliphatic carbocycles. The lowest BCUT2D eigenvalue weighted by Gasteiger charge is -2.26. The third-order valence-electron chi connectivity index (χ3n) is 5.40. The first-order valence-electron chi connectivity index (χ1n) is 11.3. The van der Waals surface area contributed by atoms with Gasteiger partial charge in [0, 0.05) is 29.1 Å². The second kappa shape index (κ2) is 12.8. The Morgan fingerprint density at radius 2 is 1.92 bits per heavy atom. The van der Waals surface area contributed by atoms with Crippen LogP contribution in [0.5, 0.6) is 17.2 Å². The average Bonchev–Trinajstić information content (AvgIpc) is 2.92. The van der Waals surface area contributed by atoms with Gasteiger partial charge in [0.15, 0.2) is 30.5 Å². The molecule has 0 unspecified atom stereocenters. The SMILES string of the molecule is COc1cc(/C=N/NC(=O)COc2c(Br)cc(Br)c3cccnc23)ccc1OCC(=O)N1CCOCC1. The highest BCUT2D eigenvalue weighted by Gasteiger charge is 2.18. The highest BCUT2D eigenvalue weighted by atomic mass is 79.9. The number of morpholine rings is 1. The second-order valence-corrected chi connectivity index (χ2v) is 9.55. The van der Waals surface area contributed by atoms with Gasteiger partial charge in [-0.2, -0.15) is 5.10 Å². The molecule has 0 radical (unpaired) electrons.